The van der Waals surface area contributed by atoms with Gasteiger partial charge in [-0.3, -0.25) is 9.59 Å². The highest BCUT2D eigenvalue weighted by Gasteiger charge is 2.14. The van der Waals surface area contributed by atoms with Crippen molar-refractivity contribution in [2.75, 3.05) is 6.61 Å². The van der Waals surface area contributed by atoms with E-state index in [4.69, 9.17) is 4.74 Å². The number of esters is 1. The molecule has 6 nitrogen and oxygen atoms in total. The van der Waals surface area contributed by atoms with Crippen LogP contribution in [0.25, 0.3) is 10.9 Å². The minimum atomic E-state index is -0.754. The fourth-order valence-corrected chi connectivity index (χ4v) is 2.62. The van der Waals surface area contributed by atoms with Crippen LogP contribution in [-0.2, 0) is 9.53 Å². The summed E-state index contributed by atoms with van der Waals surface area (Å²) in [7, 11) is 0. The van der Waals surface area contributed by atoms with E-state index < -0.39 is 18.5 Å². The molecule has 6 heteroatoms. The van der Waals surface area contributed by atoms with Gasteiger partial charge < -0.3 is 15.0 Å². The fourth-order valence-electron chi connectivity index (χ4n) is 2.62. The monoisotopic (exact) mass is 350 g/mol. The number of nitrogens with one attached hydrogen (secondary N) is 2. The molecule has 1 atom stereocenters. The van der Waals surface area contributed by atoms with Crippen LogP contribution in [0.5, 0.6) is 0 Å². The third-order valence-corrected chi connectivity index (χ3v) is 3.97. The number of amides is 1. The molecular formula is C20H18N2O4. The van der Waals surface area contributed by atoms with Gasteiger partial charge >= 0.3 is 5.97 Å². The highest BCUT2D eigenvalue weighted by molar-refractivity contribution is 5.92. The number of rotatable bonds is 5. The van der Waals surface area contributed by atoms with Gasteiger partial charge in [-0.25, -0.2) is 4.79 Å². The van der Waals surface area contributed by atoms with Gasteiger partial charge in [-0.1, -0.05) is 42.5 Å². The van der Waals surface area contributed by atoms with Gasteiger partial charge in [0.05, 0.1) is 6.04 Å². The summed E-state index contributed by atoms with van der Waals surface area (Å²) in [6.07, 6.45) is 0. The first-order chi connectivity index (χ1) is 12.5. The summed E-state index contributed by atoms with van der Waals surface area (Å²) in [4.78, 5) is 39.0. The smallest absolute Gasteiger partial charge is 0.355 e. The van der Waals surface area contributed by atoms with E-state index in [0.717, 1.165) is 5.56 Å². The van der Waals surface area contributed by atoms with Gasteiger partial charge in [0.2, 0.25) is 0 Å². The Labute approximate surface area is 149 Å². The molecule has 0 aliphatic heterocycles. The maximum Gasteiger partial charge on any atom is 0.355 e. The summed E-state index contributed by atoms with van der Waals surface area (Å²) in [6.45, 7) is 1.42. The molecule has 1 heterocycles. The van der Waals surface area contributed by atoms with Crippen LogP contribution in [-0.4, -0.2) is 23.5 Å². The lowest BCUT2D eigenvalue weighted by atomic mass is 10.1. The van der Waals surface area contributed by atoms with Crippen molar-refractivity contribution in [2.45, 2.75) is 13.0 Å². The van der Waals surface area contributed by atoms with Gasteiger partial charge in [0.25, 0.3) is 5.91 Å². The Kier molecular flexibility index (Phi) is 5.12. The van der Waals surface area contributed by atoms with Crippen molar-refractivity contribution in [3.8, 4) is 0 Å². The predicted molar refractivity (Wildman–Crippen MR) is 97.9 cm³/mol. The van der Waals surface area contributed by atoms with Gasteiger partial charge in [-0.05, 0) is 24.6 Å². The van der Waals surface area contributed by atoms with Crippen molar-refractivity contribution in [3.05, 3.63) is 82.1 Å². The number of ether oxygens (including phenoxy) is 1. The topological polar surface area (TPSA) is 88.3 Å². The van der Waals surface area contributed by atoms with Crippen LogP contribution in [0.15, 0.2) is 65.5 Å². The van der Waals surface area contributed by atoms with Crippen molar-refractivity contribution in [2.24, 2.45) is 0 Å². The zero-order valence-corrected chi connectivity index (χ0v) is 14.2. The molecule has 1 amide bonds. The lowest BCUT2D eigenvalue weighted by Gasteiger charge is -2.14. The van der Waals surface area contributed by atoms with Gasteiger partial charge in [-0.15, -0.1) is 0 Å². The Morgan fingerprint density at radius 1 is 1.08 bits per heavy atom. The van der Waals surface area contributed by atoms with Crippen LogP contribution in [0, 0.1) is 0 Å². The molecule has 0 saturated heterocycles. The largest absolute Gasteiger partial charge is 0.451 e. The summed E-state index contributed by atoms with van der Waals surface area (Å²) in [5.74, 6) is -1.17. The second-order valence-electron chi connectivity index (χ2n) is 5.87. The second-order valence-corrected chi connectivity index (χ2v) is 5.87. The molecule has 3 rings (SSSR count). The maximum absolute atomic E-state index is 12.1. The number of aromatic amines is 1. The first-order valence-corrected chi connectivity index (χ1v) is 8.18. The van der Waals surface area contributed by atoms with E-state index in [2.05, 4.69) is 10.3 Å². The standard InChI is InChI=1S/C20H18N2O4/c1-13(14-7-3-2-4-8-14)21-19(24)12-26-20(25)17-11-18(23)15-9-5-6-10-16(15)22-17/h2-11,13H,12H2,1H3,(H,21,24)(H,22,23)/t13-/m0/s1. The first kappa shape index (κ1) is 17.4. The molecule has 0 saturated carbocycles. The minimum Gasteiger partial charge on any atom is -0.451 e. The molecule has 132 valence electrons. The van der Waals surface area contributed by atoms with Crippen molar-refractivity contribution in [1.29, 1.82) is 0 Å². The molecule has 0 bridgehead atoms. The molecule has 26 heavy (non-hydrogen) atoms. The summed E-state index contributed by atoms with van der Waals surface area (Å²) >= 11 is 0. The third-order valence-electron chi connectivity index (χ3n) is 3.97. The van der Waals surface area contributed by atoms with E-state index in [1.165, 1.54) is 6.07 Å². The summed E-state index contributed by atoms with van der Waals surface area (Å²) in [5.41, 5.74) is 1.21. The van der Waals surface area contributed by atoms with Crippen molar-refractivity contribution < 1.29 is 14.3 Å². The average Bonchev–Trinajstić information content (AvgIpc) is 2.66. The predicted octanol–water partition coefficient (Wildman–Crippen LogP) is 2.56. The normalized spacial score (nSPS) is 11.7. The quantitative estimate of drug-likeness (QED) is 0.692. The van der Waals surface area contributed by atoms with E-state index in [-0.39, 0.29) is 17.2 Å². The van der Waals surface area contributed by atoms with Gasteiger partial charge in [0.1, 0.15) is 5.69 Å². The summed E-state index contributed by atoms with van der Waals surface area (Å²) < 4.78 is 5.01. The highest BCUT2D eigenvalue weighted by Crippen LogP contribution is 2.11. The first-order valence-electron chi connectivity index (χ1n) is 8.18. The third kappa shape index (κ3) is 3.97. The zero-order chi connectivity index (χ0) is 18.5. The number of hydrogen-bond donors (Lipinski definition) is 2. The SMILES string of the molecule is C[C@H](NC(=O)COC(=O)c1cc(=O)c2ccccc2[nH]1)c1ccccc1. The Morgan fingerprint density at radius 2 is 1.77 bits per heavy atom. The Morgan fingerprint density at radius 3 is 2.54 bits per heavy atom. The number of carbonyl (C=O) groups excluding carboxylic acids is 2. The molecule has 3 aromatic rings. The Bertz CT molecular complexity index is 995. The van der Waals surface area contributed by atoms with Gasteiger partial charge in [-0.2, -0.15) is 0 Å². The fraction of sp³-hybridized carbons (Fsp3) is 0.150. The number of fused-ring (bicyclic) bond motifs is 1. The summed E-state index contributed by atoms with van der Waals surface area (Å²) in [5, 5.41) is 3.24. The van der Waals surface area contributed by atoms with Gasteiger partial charge in [0, 0.05) is 17.0 Å². The van der Waals surface area contributed by atoms with E-state index in [1.54, 1.807) is 24.3 Å². The van der Waals surface area contributed by atoms with Crippen LogP contribution in [0.4, 0.5) is 0 Å². The minimum absolute atomic E-state index is 0.0117. The molecule has 2 N–H and O–H groups in total. The highest BCUT2D eigenvalue weighted by atomic mass is 16.5. The van der Waals surface area contributed by atoms with Crippen LogP contribution in [0.1, 0.15) is 29.0 Å². The number of pyridine rings is 1. The molecular weight excluding hydrogens is 332 g/mol. The molecule has 0 radical (unpaired) electrons. The maximum atomic E-state index is 12.1. The zero-order valence-electron chi connectivity index (χ0n) is 14.2. The van der Waals surface area contributed by atoms with Crippen LogP contribution in [0.3, 0.4) is 0 Å². The van der Waals surface area contributed by atoms with Crippen LogP contribution >= 0.6 is 0 Å². The van der Waals surface area contributed by atoms with E-state index in [1.807, 2.05) is 37.3 Å². The molecule has 0 fully saturated rings. The second kappa shape index (κ2) is 7.65. The number of hydrogen-bond acceptors (Lipinski definition) is 4. The van der Waals surface area contributed by atoms with E-state index >= 15 is 0 Å². The average molecular weight is 350 g/mol. The lowest BCUT2D eigenvalue weighted by Crippen LogP contribution is -2.31. The van der Waals surface area contributed by atoms with Crippen molar-refractivity contribution >= 4 is 22.8 Å². The lowest BCUT2D eigenvalue weighted by molar-refractivity contribution is -0.124. The number of H-pyrrole nitrogens is 1. The Balaban J connectivity index is 1.62. The number of para-hydroxylation sites is 1. The van der Waals surface area contributed by atoms with Gasteiger partial charge in [0.15, 0.2) is 12.0 Å². The number of carbonyl (C=O) groups is 2. The molecule has 0 aliphatic rings. The van der Waals surface area contributed by atoms with E-state index in [9.17, 15) is 14.4 Å². The molecule has 0 unspecified atom stereocenters. The molecule has 0 spiro atoms. The van der Waals surface area contributed by atoms with Crippen LogP contribution in [0.2, 0.25) is 0 Å². The summed E-state index contributed by atoms with van der Waals surface area (Å²) in [6, 6.07) is 17.3. The molecule has 2 aromatic carbocycles. The van der Waals surface area contributed by atoms with Crippen molar-refractivity contribution in [3.63, 3.8) is 0 Å². The van der Waals surface area contributed by atoms with E-state index in [0.29, 0.717) is 10.9 Å². The number of aromatic nitrogens is 1. The van der Waals surface area contributed by atoms with Crippen LogP contribution < -0.4 is 10.7 Å². The Hall–Kier alpha value is -3.41. The molecule has 1 aromatic heterocycles. The molecule has 0 aliphatic carbocycles. The van der Waals surface area contributed by atoms with Crippen molar-refractivity contribution in [1.82, 2.24) is 10.3 Å². The number of benzene rings is 2.